The highest BCUT2D eigenvalue weighted by atomic mass is 35.5. The van der Waals surface area contributed by atoms with Crippen molar-refractivity contribution in [3.63, 3.8) is 0 Å². The lowest BCUT2D eigenvalue weighted by Crippen LogP contribution is -2.31. The maximum Gasteiger partial charge on any atom is 0.164 e. The van der Waals surface area contributed by atoms with E-state index < -0.39 is 11.4 Å². The fourth-order valence-electron chi connectivity index (χ4n) is 5.13. The molecule has 1 unspecified atom stereocenters. The molecular formula is C27H26ClFN6O. The molecule has 0 amide bonds. The number of hydrogen-bond acceptors (Lipinski definition) is 6. The quantitative estimate of drug-likeness (QED) is 0.377. The van der Waals surface area contributed by atoms with Gasteiger partial charge in [-0.2, -0.15) is 5.26 Å². The van der Waals surface area contributed by atoms with Crippen LogP contribution < -0.4 is 0 Å². The first kappa shape index (κ1) is 24.3. The predicted molar refractivity (Wildman–Crippen MR) is 134 cm³/mol. The Kier molecular flexibility index (Phi) is 6.45. The normalized spacial score (nSPS) is 19.7. The topological polar surface area (TPSA) is 101 Å². The van der Waals surface area contributed by atoms with E-state index >= 15 is 0 Å². The molecule has 0 aromatic carbocycles. The number of aliphatic hydroxyl groups is 1. The molecule has 1 aliphatic rings. The summed E-state index contributed by atoms with van der Waals surface area (Å²) in [5, 5.41) is 21.8. The van der Waals surface area contributed by atoms with E-state index in [0.29, 0.717) is 45.7 Å². The van der Waals surface area contributed by atoms with Gasteiger partial charge in [0.2, 0.25) is 0 Å². The lowest BCUT2D eigenvalue weighted by atomic mass is 9.83. The summed E-state index contributed by atoms with van der Waals surface area (Å²) < 4.78 is 16.8. The van der Waals surface area contributed by atoms with Crippen LogP contribution in [0.2, 0.25) is 5.02 Å². The van der Waals surface area contributed by atoms with Crippen LogP contribution in [-0.4, -0.2) is 29.6 Å². The van der Waals surface area contributed by atoms with E-state index in [9.17, 15) is 14.8 Å². The highest BCUT2D eigenvalue weighted by Gasteiger charge is 2.37. The van der Waals surface area contributed by atoms with Gasteiger partial charge in [-0.25, -0.2) is 14.4 Å². The fourth-order valence-corrected chi connectivity index (χ4v) is 5.30. The van der Waals surface area contributed by atoms with Gasteiger partial charge < -0.3 is 9.67 Å². The number of nitrogens with zero attached hydrogens (tertiary/aromatic N) is 6. The second-order valence-corrected chi connectivity index (χ2v) is 10.2. The number of hydrogen-bond donors (Lipinski definition) is 1. The molecule has 1 saturated carbocycles. The number of fused-ring (bicyclic) bond motifs is 1. The molecule has 0 aliphatic heterocycles. The first-order chi connectivity index (χ1) is 17.3. The third-order valence-corrected chi connectivity index (χ3v) is 7.26. The molecule has 184 valence electrons. The standard InChI is InChI=1S/C27H26ClFN6O/c1-16-5-7-17(8-6-16)15-35-24-22(34-26(35)27(2,36)25-21(29)4-3-9-32-25)11-20(12-30)33-23(24)18-10-19(28)14-31-13-18/h3-4,9-11,13-14,16-17,36H,5-8,15H2,1-2H3/t16-,17-,27?. The summed E-state index contributed by atoms with van der Waals surface area (Å²) in [6.07, 6.45) is 8.93. The van der Waals surface area contributed by atoms with Crippen molar-refractivity contribution < 1.29 is 9.50 Å². The van der Waals surface area contributed by atoms with Crippen molar-refractivity contribution in [2.24, 2.45) is 11.8 Å². The number of aromatic nitrogens is 5. The van der Waals surface area contributed by atoms with Gasteiger partial charge in [-0.05, 0) is 49.8 Å². The zero-order chi connectivity index (χ0) is 25.4. The van der Waals surface area contributed by atoms with Gasteiger partial charge in [0.25, 0.3) is 0 Å². The zero-order valence-corrected chi connectivity index (χ0v) is 20.9. The third kappa shape index (κ3) is 4.45. The van der Waals surface area contributed by atoms with Crippen LogP contribution in [0.15, 0.2) is 42.9 Å². The van der Waals surface area contributed by atoms with Gasteiger partial charge in [-0.15, -0.1) is 0 Å². The predicted octanol–water partition coefficient (Wildman–Crippen LogP) is 5.63. The van der Waals surface area contributed by atoms with E-state index in [4.69, 9.17) is 16.6 Å². The van der Waals surface area contributed by atoms with E-state index in [1.165, 1.54) is 31.5 Å². The molecule has 5 rings (SSSR count). The minimum atomic E-state index is -1.83. The van der Waals surface area contributed by atoms with Gasteiger partial charge in [0.05, 0.1) is 21.7 Å². The van der Waals surface area contributed by atoms with Gasteiger partial charge in [0.15, 0.2) is 5.60 Å². The number of rotatable bonds is 5. The summed E-state index contributed by atoms with van der Waals surface area (Å²) in [6, 6.07) is 8.16. The molecule has 0 spiro atoms. The average Bonchev–Trinajstić information content (AvgIpc) is 3.24. The summed E-state index contributed by atoms with van der Waals surface area (Å²) in [5.41, 5.74) is 0.457. The average molecular weight is 505 g/mol. The van der Waals surface area contributed by atoms with E-state index in [2.05, 4.69) is 27.9 Å². The molecule has 0 saturated heterocycles. The first-order valence-corrected chi connectivity index (χ1v) is 12.4. The summed E-state index contributed by atoms with van der Waals surface area (Å²) in [5.74, 6) is 0.659. The highest BCUT2D eigenvalue weighted by molar-refractivity contribution is 6.30. The summed E-state index contributed by atoms with van der Waals surface area (Å²) >= 11 is 6.24. The van der Waals surface area contributed by atoms with Crippen molar-refractivity contribution in [1.29, 1.82) is 5.26 Å². The molecule has 0 bridgehead atoms. The summed E-state index contributed by atoms with van der Waals surface area (Å²) in [6.45, 7) is 4.33. The van der Waals surface area contributed by atoms with Gasteiger partial charge >= 0.3 is 0 Å². The number of pyridine rings is 3. The maximum atomic E-state index is 14.8. The van der Waals surface area contributed by atoms with Gasteiger partial charge in [-0.1, -0.05) is 31.4 Å². The third-order valence-electron chi connectivity index (χ3n) is 7.05. The Morgan fingerprint density at radius 3 is 2.69 bits per heavy atom. The van der Waals surface area contributed by atoms with Crippen LogP contribution in [0.4, 0.5) is 4.39 Å². The van der Waals surface area contributed by atoms with Crippen LogP contribution >= 0.6 is 11.6 Å². The van der Waals surface area contributed by atoms with Crippen LogP contribution in [0.3, 0.4) is 0 Å². The second kappa shape index (κ2) is 9.57. The Labute approximate surface area is 213 Å². The van der Waals surface area contributed by atoms with Crippen molar-refractivity contribution in [3.05, 3.63) is 70.9 Å². The van der Waals surface area contributed by atoms with E-state index in [1.54, 1.807) is 18.3 Å². The molecule has 0 radical (unpaired) electrons. The molecule has 4 aromatic heterocycles. The first-order valence-electron chi connectivity index (χ1n) is 12.0. The van der Waals surface area contributed by atoms with Crippen LogP contribution in [-0.2, 0) is 12.1 Å². The van der Waals surface area contributed by atoms with Gasteiger partial charge in [0, 0.05) is 36.8 Å². The lowest BCUT2D eigenvalue weighted by Gasteiger charge is -2.29. The van der Waals surface area contributed by atoms with Crippen LogP contribution in [0.5, 0.6) is 0 Å². The van der Waals surface area contributed by atoms with E-state index in [-0.39, 0.29) is 17.2 Å². The zero-order valence-electron chi connectivity index (χ0n) is 20.1. The van der Waals surface area contributed by atoms with Crippen molar-refractivity contribution >= 4 is 22.6 Å². The fraction of sp³-hybridized carbons (Fsp3) is 0.370. The molecule has 1 N–H and O–H groups in total. The summed E-state index contributed by atoms with van der Waals surface area (Å²) in [7, 11) is 0. The largest absolute Gasteiger partial charge is 0.376 e. The molecule has 9 heteroatoms. The van der Waals surface area contributed by atoms with Crippen LogP contribution in [0, 0.1) is 29.0 Å². The number of nitriles is 1. The lowest BCUT2D eigenvalue weighted by molar-refractivity contribution is 0.0777. The SMILES string of the molecule is CC(O)(c1ncccc1F)c1nc2cc(C#N)nc(-c3cncc(Cl)c3)c2n1C[C@H]1CC[C@H](C)CC1. The Balaban J connectivity index is 1.78. The molecule has 36 heavy (non-hydrogen) atoms. The smallest absolute Gasteiger partial charge is 0.164 e. The highest BCUT2D eigenvalue weighted by Crippen LogP contribution is 2.38. The molecule has 1 atom stereocenters. The van der Waals surface area contributed by atoms with Crippen molar-refractivity contribution in [2.45, 2.75) is 51.7 Å². The molecule has 4 aromatic rings. The molecule has 7 nitrogen and oxygen atoms in total. The van der Waals surface area contributed by atoms with Crippen molar-refractivity contribution in [3.8, 4) is 17.3 Å². The molecule has 1 aliphatic carbocycles. The van der Waals surface area contributed by atoms with Gasteiger partial charge in [0.1, 0.15) is 29.1 Å². The molecular weight excluding hydrogens is 479 g/mol. The minimum Gasteiger partial charge on any atom is -0.376 e. The minimum absolute atomic E-state index is 0.113. The number of halogens is 2. The van der Waals surface area contributed by atoms with Crippen LogP contribution in [0.25, 0.3) is 22.3 Å². The second-order valence-electron chi connectivity index (χ2n) is 9.81. The Morgan fingerprint density at radius 2 is 2.00 bits per heavy atom. The number of imidazole rings is 1. The maximum absolute atomic E-state index is 14.8. The van der Waals surface area contributed by atoms with Crippen molar-refractivity contribution in [2.75, 3.05) is 0 Å². The Morgan fingerprint density at radius 1 is 1.22 bits per heavy atom. The van der Waals surface area contributed by atoms with E-state index in [0.717, 1.165) is 25.7 Å². The monoisotopic (exact) mass is 504 g/mol. The van der Waals surface area contributed by atoms with Crippen LogP contribution in [0.1, 0.15) is 56.7 Å². The van der Waals surface area contributed by atoms with Gasteiger partial charge in [-0.3, -0.25) is 9.97 Å². The van der Waals surface area contributed by atoms with Crippen molar-refractivity contribution in [1.82, 2.24) is 24.5 Å². The Hall–Kier alpha value is -3.41. The molecule has 1 fully saturated rings. The Bertz CT molecular complexity index is 1470. The molecule has 4 heterocycles. The van der Waals surface area contributed by atoms with E-state index in [1.807, 2.05) is 4.57 Å². The summed E-state index contributed by atoms with van der Waals surface area (Å²) in [4.78, 5) is 17.7.